The summed E-state index contributed by atoms with van der Waals surface area (Å²) < 4.78 is 0.628. The van der Waals surface area contributed by atoms with Gasteiger partial charge in [-0.2, -0.15) is 0 Å². The zero-order valence-electron chi connectivity index (χ0n) is 9.68. The van der Waals surface area contributed by atoms with E-state index in [4.69, 9.17) is 28.3 Å². The van der Waals surface area contributed by atoms with E-state index in [9.17, 15) is 14.7 Å². The number of aromatic hydroxyl groups is 1. The molecule has 2 aromatic rings. The molecule has 0 fully saturated rings. The zero-order chi connectivity index (χ0) is 14.9. The van der Waals surface area contributed by atoms with Crippen LogP contribution < -0.4 is 5.32 Å². The van der Waals surface area contributed by atoms with Crippen molar-refractivity contribution in [2.24, 2.45) is 0 Å². The number of amides is 1. The molecule has 0 saturated carbocycles. The molecule has 8 heteroatoms. The molecule has 0 aliphatic heterocycles. The number of carboxylic acid groups (broad SMARTS) is 1. The van der Waals surface area contributed by atoms with Crippen LogP contribution in [0.25, 0.3) is 0 Å². The number of rotatable bonds is 3. The van der Waals surface area contributed by atoms with Gasteiger partial charge in [-0.05, 0) is 18.2 Å². The van der Waals surface area contributed by atoms with Gasteiger partial charge in [-0.3, -0.25) is 4.79 Å². The van der Waals surface area contributed by atoms with Crippen LogP contribution in [-0.4, -0.2) is 22.1 Å². The van der Waals surface area contributed by atoms with Gasteiger partial charge >= 0.3 is 5.97 Å². The highest BCUT2D eigenvalue weighted by Crippen LogP contribution is 2.32. The first-order valence-corrected chi connectivity index (χ1v) is 6.78. The van der Waals surface area contributed by atoms with E-state index >= 15 is 0 Å². The third kappa shape index (κ3) is 3.04. The maximum atomic E-state index is 11.9. The molecule has 5 nitrogen and oxygen atoms in total. The van der Waals surface area contributed by atoms with Crippen molar-refractivity contribution in [1.82, 2.24) is 0 Å². The topological polar surface area (TPSA) is 86.6 Å². The standard InChI is InChI=1S/C12H7Cl2NO4S/c13-9-4-7(10(14)20-9)11(17)15-5-1-2-6(12(18)19)8(16)3-5/h1-4,16H,(H,15,17)(H,18,19). The first-order chi connectivity index (χ1) is 9.38. The molecule has 1 aromatic carbocycles. The predicted molar refractivity (Wildman–Crippen MR) is 77.4 cm³/mol. The van der Waals surface area contributed by atoms with Crippen molar-refractivity contribution in [2.45, 2.75) is 0 Å². The van der Waals surface area contributed by atoms with E-state index in [0.717, 1.165) is 17.4 Å². The molecule has 2 rings (SSSR count). The Morgan fingerprint density at radius 1 is 1.15 bits per heavy atom. The van der Waals surface area contributed by atoms with Crippen LogP contribution in [0.3, 0.4) is 0 Å². The smallest absolute Gasteiger partial charge is 0.339 e. The average molecular weight is 332 g/mol. The van der Waals surface area contributed by atoms with E-state index in [1.807, 2.05) is 0 Å². The molecule has 1 heterocycles. The third-order valence-corrected chi connectivity index (χ3v) is 3.87. The molecule has 104 valence electrons. The van der Waals surface area contributed by atoms with Gasteiger partial charge in [-0.1, -0.05) is 23.2 Å². The van der Waals surface area contributed by atoms with E-state index in [1.165, 1.54) is 18.2 Å². The highest BCUT2D eigenvalue weighted by Gasteiger charge is 2.16. The Hall–Kier alpha value is -1.76. The molecule has 3 N–H and O–H groups in total. The molecule has 0 bridgehead atoms. The zero-order valence-corrected chi connectivity index (χ0v) is 12.0. The lowest BCUT2D eigenvalue weighted by Gasteiger charge is -2.06. The van der Waals surface area contributed by atoms with Crippen molar-refractivity contribution in [1.29, 1.82) is 0 Å². The van der Waals surface area contributed by atoms with Gasteiger partial charge in [-0.15, -0.1) is 11.3 Å². The lowest BCUT2D eigenvalue weighted by atomic mass is 10.2. The second kappa shape index (κ2) is 5.70. The number of aromatic carboxylic acids is 1. The Morgan fingerprint density at radius 2 is 1.85 bits per heavy atom. The van der Waals surface area contributed by atoms with Crippen LogP contribution in [0, 0.1) is 0 Å². The number of nitrogens with one attached hydrogen (secondary N) is 1. The van der Waals surface area contributed by atoms with Crippen LogP contribution in [-0.2, 0) is 0 Å². The normalized spacial score (nSPS) is 10.3. The van der Waals surface area contributed by atoms with Crippen LogP contribution in [0.4, 0.5) is 5.69 Å². The maximum absolute atomic E-state index is 11.9. The summed E-state index contributed by atoms with van der Waals surface area (Å²) in [5, 5.41) is 20.8. The summed E-state index contributed by atoms with van der Waals surface area (Å²) >= 11 is 12.7. The summed E-state index contributed by atoms with van der Waals surface area (Å²) in [6.45, 7) is 0. The number of carboxylic acids is 1. The summed E-state index contributed by atoms with van der Waals surface area (Å²) in [7, 11) is 0. The van der Waals surface area contributed by atoms with E-state index < -0.39 is 17.6 Å². The van der Waals surface area contributed by atoms with Crippen LogP contribution in [0.2, 0.25) is 8.67 Å². The second-order valence-corrected chi connectivity index (χ2v) is 6.01. The van der Waals surface area contributed by atoms with E-state index in [0.29, 0.717) is 4.34 Å². The maximum Gasteiger partial charge on any atom is 0.339 e. The summed E-state index contributed by atoms with van der Waals surface area (Å²) in [5.74, 6) is -2.20. The number of thiophene rings is 1. The Labute approximate surface area is 127 Å². The Kier molecular flexibility index (Phi) is 4.17. The number of hydrogen-bond donors (Lipinski definition) is 3. The highest BCUT2D eigenvalue weighted by molar-refractivity contribution is 7.20. The lowest BCUT2D eigenvalue weighted by molar-refractivity contribution is 0.0693. The van der Waals surface area contributed by atoms with Gasteiger partial charge < -0.3 is 15.5 Å². The molecular formula is C12H7Cl2NO4S. The first kappa shape index (κ1) is 14.6. The Bertz CT molecular complexity index is 699. The van der Waals surface area contributed by atoms with Gasteiger partial charge in [0.1, 0.15) is 15.6 Å². The Balaban J connectivity index is 2.22. The molecule has 0 aliphatic carbocycles. The molecule has 0 atom stereocenters. The van der Waals surface area contributed by atoms with Gasteiger partial charge in [0.15, 0.2) is 0 Å². The van der Waals surface area contributed by atoms with E-state index in [2.05, 4.69) is 5.32 Å². The summed E-state index contributed by atoms with van der Waals surface area (Å²) in [6, 6.07) is 5.12. The molecule has 0 radical (unpaired) electrons. The molecule has 0 unspecified atom stereocenters. The number of carbonyl (C=O) groups is 2. The van der Waals surface area contributed by atoms with Crippen LogP contribution in [0.1, 0.15) is 20.7 Å². The van der Waals surface area contributed by atoms with Gasteiger partial charge in [0, 0.05) is 11.8 Å². The fourth-order valence-corrected chi connectivity index (χ4v) is 2.94. The molecule has 0 saturated heterocycles. The van der Waals surface area contributed by atoms with Gasteiger partial charge in [0.2, 0.25) is 0 Å². The summed E-state index contributed by atoms with van der Waals surface area (Å²) in [4.78, 5) is 22.7. The molecule has 1 amide bonds. The van der Waals surface area contributed by atoms with Gasteiger partial charge in [-0.25, -0.2) is 4.79 Å². The van der Waals surface area contributed by atoms with Crippen molar-refractivity contribution in [3.05, 3.63) is 44.1 Å². The molecule has 1 aromatic heterocycles. The van der Waals surface area contributed by atoms with Gasteiger partial charge in [0.05, 0.1) is 9.90 Å². The number of phenols is 1. The third-order valence-electron chi connectivity index (χ3n) is 2.39. The van der Waals surface area contributed by atoms with Crippen molar-refractivity contribution < 1.29 is 19.8 Å². The number of halogens is 2. The van der Waals surface area contributed by atoms with Crippen molar-refractivity contribution in [3.63, 3.8) is 0 Å². The Morgan fingerprint density at radius 3 is 2.35 bits per heavy atom. The number of benzene rings is 1. The molecule has 0 spiro atoms. The fraction of sp³-hybridized carbons (Fsp3) is 0. The largest absolute Gasteiger partial charge is 0.507 e. The number of carbonyl (C=O) groups excluding carboxylic acids is 1. The predicted octanol–water partition coefficient (Wildman–Crippen LogP) is 3.71. The molecular weight excluding hydrogens is 325 g/mol. The monoisotopic (exact) mass is 331 g/mol. The van der Waals surface area contributed by atoms with Crippen molar-refractivity contribution in [2.75, 3.05) is 5.32 Å². The quantitative estimate of drug-likeness (QED) is 0.800. The minimum atomic E-state index is -1.26. The van der Waals surface area contributed by atoms with Gasteiger partial charge in [0.25, 0.3) is 5.91 Å². The van der Waals surface area contributed by atoms with Crippen LogP contribution in [0.5, 0.6) is 5.75 Å². The molecule has 20 heavy (non-hydrogen) atoms. The highest BCUT2D eigenvalue weighted by atomic mass is 35.5. The van der Waals surface area contributed by atoms with E-state index in [-0.39, 0.29) is 21.2 Å². The number of anilines is 1. The minimum Gasteiger partial charge on any atom is -0.507 e. The summed E-state index contributed by atoms with van der Waals surface area (Å²) in [5.41, 5.74) is 0.207. The number of hydrogen-bond acceptors (Lipinski definition) is 4. The first-order valence-electron chi connectivity index (χ1n) is 5.21. The fourth-order valence-electron chi connectivity index (χ4n) is 1.48. The minimum absolute atomic E-state index is 0.212. The SMILES string of the molecule is O=C(O)c1ccc(NC(=O)c2cc(Cl)sc2Cl)cc1O. The van der Waals surface area contributed by atoms with Crippen LogP contribution >= 0.6 is 34.5 Å². The lowest BCUT2D eigenvalue weighted by Crippen LogP contribution is -2.11. The van der Waals surface area contributed by atoms with E-state index in [1.54, 1.807) is 0 Å². The van der Waals surface area contributed by atoms with Crippen molar-refractivity contribution in [3.8, 4) is 5.75 Å². The summed E-state index contributed by atoms with van der Waals surface area (Å²) in [6.07, 6.45) is 0. The van der Waals surface area contributed by atoms with Crippen LogP contribution in [0.15, 0.2) is 24.3 Å². The second-order valence-electron chi connectivity index (χ2n) is 3.73. The average Bonchev–Trinajstić information content (AvgIpc) is 2.68. The van der Waals surface area contributed by atoms with Crippen molar-refractivity contribution >= 4 is 52.1 Å². The molecule has 0 aliphatic rings.